The van der Waals surface area contributed by atoms with Gasteiger partial charge in [0.2, 0.25) is 0 Å². The number of hydrogen-bond donors (Lipinski definition) is 1. The predicted molar refractivity (Wildman–Crippen MR) is 105 cm³/mol. The minimum atomic E-state index is -0.818. The maximum absolute atomic E-state index is 12.9. The van der Waals surface area contributed by atoms with Crippen LogP contribution < -0.4 is 0 Å². The molecule has 0 bridgehead atoms. The van der Waals surface area contributed by atoms with Gasteiger partial charge in [0.1, 0.15) is 11.9 Å². The van der Waals surface area contributed by atoms with E-state index in [1.54, 1.807) is 38.1 Å². The fourth-order valence-electron chi connectivity index (χ4n) is 3.66. The number of ether oxygens (including phenoxy) is 2. The standard InChI is InChI=1S/C21H21NO5S/c1-21(2)26-12-15(27-21)17-16(18(23)13-7-4-3-5-8-13)19(24)20(25)22(17)11-14-9-6-10-28-14/h3-10,15,17,23H,11-12H2,1-2H3/b18-16+. The van der Waals surface area contributed by atoms with Crippen molar-refractivity contribution in [2.45, 2.75) is 38.3 Å². The van der Waals surface area contributed by atoms with Gasteiger partial charge >= 0.3 is 0 Å². The van der Waals surface area contributed by atoms with Crippen LogP contribution in [0.15, 0.2) is 53.4 Å². The summed E-state index contributed by atoms with van der Waals surface area (Å²) < 4.78 is 11.7. The summed E-state index contributed by atoms with van der Waals surface area (Å²) in [6.07, 6.45) is -0.550. The first kappa shape index (κ1) is 18.9. The van der Waals surface area contributed by atoms with E-state index in [-0.39, 0.29) is 24.5 Å². The number of carbonyl (C=O) groups excluding carboxylic acids is 2. The Morgan fingerprint density at radius 2 is 1.96 bits per heavy atom. The van der Waals surface area contributed by atoms with Crippen LogP contribution in [0.2, 0.25) is 0 Å². The summed E-state index contributed by atoms with van der Waals surface area (Å²) in [5.74, 6) is -2.34. The third-order valence-corrected chi connectivity index (χ3v) is 5.78. The molecule has 2 aliphatic heterocycles. The number of rotatable bonds is 4. The van der Waals surface area contributed by atoms with Crippen LogP contribution in [0.1, 0.15) is 24.3 Å². The SMILES string of the molecule is CC1(C)OCC(C2/C(=C(\O)c3ccccc3)C(=O)C(=O)N2Cc2cccs2)O1. The van der Waals surface area contributed by atoms with Gasteiger partial charge in [0, 0.05) is 10.4 Å². The van der Waals surface area contributed by atoms with Crippen molar-refractivity contribution in [3.05, 3.63) is 63.9 Å². The topological polar surface area (TPSA) is 76.1 Å². The van der Waals surface area contributed by atoms with Gasteiger partial charge < -0.3 is 19.5 Å². The van der Waals surface area contributed by atoms with Crippen molar-refractivity contribution < 1.29 is 24.2 Å². The molecule has 2 aliphatic rings. The molecular weight excluding hydrogens is 378 g/mol. The van der Waals surface area contributed by atoms with E-state index in [0.717, 1.165) is 4.88 Å². The lowest BCUT2D eigenvalue weighted by molar-refractivity contribution is -0.149. The van der Waals surface area contributed by atoms with Crippen molar-refractivity contribution in [1.82, 2.24) is 4.90 Å². The number of hydrogen-bond acceptors (Lipinski definition) is 6. The van der Waals surface area contributed by atoms with E-state index < -0.39 is 29.6 Å². The van der Waals surface area contributed by atoms with E-state index in [4.69, 9.17) is 9.47 Å². The second kappa shape index (κ2) is 7.16. The number of ketones is 1. The summed E-state index contributed by atoms with van der Waals surface area (Å²) in [6.45, 7) is 4.08. The van der Waals surface area contributed by atoms with E-state index >= 15 is 0 Å². The number of amides is 1. The average molecular weight is 399 g/mol. The first-order valence-electron chi connectivity index (χ1n) is 9.05. The highest BCUT2D eigenvalue weighted by Gasteiger charge is 2.52. The van der Waals surface area contributed by atoms with Gasteiger partial charge in [-0.2, -0.15) is 0 Å². The van der Waals surface area contributed by atoms with E-state index in [1.165, 1.54) is 16.2 Å². The molecule has 0 saturated carbocycles. The van der Waals surface area contributed by atoms with Crippen molar-refractivity contribution in [2.75, 3.05) is 6.61 Å². The molecule has 28 heavy (non-hydrogen) atoms. The smallest absolute Gasteiger partial charge is 0.295 e. The number of aliphatic hydroxyl groups excluding tert-OH is 1. The Bertz CT molecular complexity index is 920. The zero-order chi connectivity index (χ0) is 19.9. The van der Waals surface area contributed by atoms with E-state index in [2.05, 4.69) is 0 Å². The van der Waals surface area contributed by atoms with Gasteiger partial charge in [-0.1, -0.05) is 36.4 Å². The van der Waals surface area contributed by atoms with Crippen molar-refractivity contribution in [1.29, 1.82) is 0 Å². The largest absolute Gasteiger partial charge is 0.507 e. The number of nitrogens with zero attached hydrogens (tertiary/aromatic N) is 1. The van der Waals surface area contributed by atoms with Gasteiger partial charge in [0.05, 0.1) is 24.8 Å². The molecule has 1 aromatic carbocycles. The Labute approximate surface area is 167 Å². The second-order valence-corrected chi connectivity index (χ2v) is 8.31. The van der Waals surface area contributed by atoms with Crippen molar-refractivity contribution in [2.24, 2.45) is 0 Å². The molecule has 0 aliphatic carbocycles. The van der Waals surface area contributed by atoms with Crippen molar-refractivity contribution in [3.63, 3.8) is 0 Å². The van der Waals surface area contributed by atoms with Crippen LogP contribution >= 0.6 is 11.3 Å². The molecule has 146 valence electrons. The van der Waals surface area contributed by atoms with E-state index in [9.17, 15) is 14.7 Å². The lowest BCUT2D eigenvalue weighted by Gasteiger charge is -2.29. The molecule has 2 aromatic rings. The lowest BCUT2D eigenvalue weighted by Crippen LogP contribution is -2.43. The molecule has 6 nitrogen and oxygen atoms in total. The molecule has 3 heterocycles. The number of Topliss-reactive ketones (excluding diaryl/α,β-unsaturated/α-hetero) is 1. The van der Waals surface area contributed by atoms with E-state index in [1.807, 2.05) is 23.6 Å². The minimum absolute atomic E-state index is 0.0686. The first-order valence-corrected chi connectivity index (χ1v) is 9.93. The van der Waals surface area contributed by atoms with Crippen LogP contribution in [0.5, 0.6) is 0 Å². The van der Waals surface area contributed by atoms with Crippen LogP contribution in [0, 0.1) is 0 Å². The molecule has 2 atom stereocenters. The highest BCUT2D eigenvalue weighted by atomic mass is 32.1. The van der Waals surface area contributed by atoms with Gasteiger partial charge in [0.15, 0.2) is 5.79 Å². The number of thiophene rings is 1. The third-order valence-electron chi connectivity index (χ3n) is 4.92. The molecule has 1 aromatic heterocycles. The van der Waals surface area contributed by atoms with E-state index in [0.29, 0.717) is 5.56 Å². The summed E-state index contributed by atoms with van der Waals surface area (Å²) in [5.41, 5.74) is 0.554. The molecule has 2 saturated heterocycles. The lowest BCUT2D eigenvalue weighted by atomic mass is 9.97. The Hall–Kier alpha value is -2.48. The number of carbonyl (C=O) groups is 2. The molecule has 0 spiro atoms. The predicted octanol–water partition coefficient (Wildman–Crippen LogP) is 3.15. The molecule has 2 unspecified atom stereocenters. The van der Waals surface area contributed by atoms with Crippen LogP contribution in [-0.4, -0.2) is 46.2 Å². The molecule has 7 heteroatoms. The monoisotopic (exact) mass is 399 g/mol. The summed E-state index contributed by atoms with van der Waals surface area (Å²) in [4.78, 5) is 28.2. The van der Waals surface area contributed by atoms with Crippen LogP contribution in [0.25, 0.3) is 5.76 Å². The maximum atomic E-state index is 12.9. The number of benzene rings is 1. The third kappa shape index (κ3) is 3.37. The number of aliphatic hydroxyl groups is 1. The molecule has 0 radical (unpaired) electrons. The Morgan fingerprint density at radius 3 is 2.57 bits per heavy atom. The zero-order valence-electron chi connectivity index (χ0n) is 15.6. The number of likely N-dealkylation sites (tertiary alicyclic amines) is 1. The molecule has 1 amide bonds. The van der Waals surface area contributed by atoms with Gasteiger partial charge in [-0.15, -0.1) is 11.3 Å². The molecule has 4 rings (SSSR count). The van der Waals surface area contributed by atoms with Crippen LogP contribution in [0.4, 0.5) is 0 Å². The molecule has 2 fully saturated rings. The van der Waals surface area contributed by atoms with Gasteiger partial charge in [-0.05, 0) is 25.3 Å². The Kier molecular flexibility index (Phi) is 4.82. The first-order chi connectivity index (χ1) is 13.4. The normalized spacial score (nSPS) is 26.1. The quantitative estimate of drug-likeness (QED) is 0.486. The fraction of sp³-hybridized carbons (Fsp3) is 0.333. The van der Waals surface area contributed by atoms with Gasteiger partial charge in [-0.25, -0.2) is 0 Å². The maximum Gasteiger partial charge on any atom is 0.295 e. The zero-order valence-corrected chi connectivity index (χ0v) is 16.4. The van der Waals surface area contributed by atoms with Crippen molar-refractivity contribution in [3.8, 4) is 0 Å². The Morgan fingerprint density at radius 1 is 1.21 bits per heavy atom. The van der Waals surface area contributed by atoms with Crippen LogP contribution in [0.3, 0.4) is 0 Å². The highest BCUT2D eigenvalue weighted by molar-refractivity contribution is 7.09. The summed E-state index contributed by atoms with van der Waals surface area (Å²) in [6, 6.07) is 11.9. The summed E-state index contributed by atoms with van der Waals surface area (Å²) in [7, 11) is 0. The fourth-order valence-corrected chi connectivity index (χ4v) is 4.36. The Balaban J connectivity index is 1.79. The average Bonchev–Trinajstić information content (AvgIpc) is 3.37. The van der Waals surface area contributed by atoms with Crippen molar-refractivity contribution >= 4 is 28.8 Å². The van der Waals surface area contributed by atoms with Gasteiger partial charge in [-0.3, -0.25) is 9.59 Å². The molecule has 1 N–H and O–H groups in total. The van der Waals surface area contributed by atoms with Crippen LogP contribution in [-0.2, 0) is 25.6 Å². The summed E-state index contributed by atoms with van der Waals surface area (Å²) >= 11 is 1.51. The molecular formula is C21H21NO5S. The highest BCUT2D eigenvalue weighted by Crippen LogP contribution is 2.37. The minimum Gasteiger partial charge on any atom is -0.507 e. The second-order valence-electron chi connectivity index (χ2n) is 7.28. The summed E-state index contributed by atoms with van der Waals surface area (Å²) in [5, 5.41) is 12.8. The van der Waals surface area contributed by atoms with Gasteiger partial charge in [0.25, 0.3) is 11.7 Å².